The Kier molecular flexibility index (Phi) is 6.30. The summed E-state index contributed by atoms with van der Waals surface area (Å²) < 4.78 is 27.0. The van der Waals surface area contributed by atoms with Gasteiger partial charge in [0.05, 0.1) is 4.90 Å². The smallest absolute Gasteiger partial charge is 0.210 e. The van der Waals surface area contributed by atoms with Crippen molar-refractivity contribution < 1.29 is 8.42 Å². The van der Waals surface area contributed by atoms with Gasteiger partial charge in [-0.15, -0.1) is 11.6 Å². The molecule has 0 aromatic heterocycles. The molecule has 0 fully saturated rings. The van der Waals surface area contributed by atoms with E-state index < -0.39 is 10.0 Å². The van der Waals surface area contributed by atoms with Gasteiger partial charge in [0.25, 0.3) is 0 Å². The van der Waals surface area contributed by atoms with E-state index in [-0.39, 0.29) is 11.9 Å². The third kappa shape index (κ3) is 4.48. The Bertz CT molecular complexity index is 498. The van der Waals surface area contributed by atoms with E-state index in [9.17, 15) is 8.42 Å². The Morgan fingerprint density at radius 3 is 2.32 bits per heavy atom. The van der Waals surface area contributed by atoms with Crippen LogP contribution in [0.5, 0.6) is 0 Å². The number of rotatable bonds is 7. The second-order valence-corrected chi connectivity index (χ2v) is 7.01. The summed E-state index contributed by atoms with van der Waals surface area (Å²) in [7, 11) is -3.47. The van der Waals surface area contributed by atoms with Crippen LogP contribution in [0, 0.1) is 12.8 Å². The lowest BCUT2D eigenvalue weighted by Gasteiger charge is -2.19. The zero-order valence-corrected chi connectivity index (χ0v) is 13.3. The monoisotopic (exact) mass is 303 g/mol. The highest BCUT2D eigenvalue weighted by Crippen LogP contribution is 2.19. The molecule has 1 aromatic carbocycles. The number of aryl methyl sites for hydroxylation is 1. The Morgan fingerprint density at radius 2 is 1.79 bits per heavy atom. The minimum absolute atomic E-state index is 0.172. The number of benzene rings is 1. The Balaban J connectivity index is 2.74. The molecule has 0 heterocycles. The number of alkyl halides is 1. The van der Waals surface area contributed by atoms with Crippen LogP contribution >= 0.6 is 11.6 Å². The molecule has 0 aliphatic rings. The van der Waals surface area contributed by atoms with Gasteiger partial charge < -0.3 is 0 Å². The van der Waals surface area contributed by atoms with Gasteiger partial charge in [-0.1, -0.05) is 44.9 Å². The first-order valence-corrected chi connectivity index (χ1v) is 8.53. The molecular weight excluding hydrogens is 282 g/mol. The predicted molar refractivity (Wildman–Crippen MR) is 80.1 cm³/mol. The SMILES string of the molecule is CCC(CC)C(Cl)CNS(=O)(=O)c1ccccc1C. The van der Waals surface area contributed by atoms with Crippen molar-refractivity contribution >= 4 is 21.6 Å². The van der Waals surface area contributed by atoms with Crippen LogP contribution in [0.2, 0.25) is 0 Å². The molecule has 3 nitrogen and oxygen atoms in total. The fourth-order valence-electron chi connectivity index (χ4n) is 2.09. The molecule has 0 aliphatic carbocycles. The van der Waals surface area contributed by atoms with Gasteiger partial charge in [0, 0.05) is 11.9 Å². The number of sulfonamides is 1. The van der Waals surface area contributed by atoms with Crippen molar-refractivity contribution in [2.45, 2.75) is 43.9 Å². The van der Waals surface area contributed by atoms with E-state index in [2.05, 4.69) is 18.6 Å². The van der Waals surface area contributed by atoms with Gasteiger partial charge in [0.15, 0.2) is 0 Å². The molecule has 19 heavy (non-hydrogen) atoms. The summed E-state index contributed by atoms with van der Waals surface area (Å²) in [5.41, 5.74) is 0.739. The second kappa shape index (κ2) is 7.27. The van der Waals surface area contributed by atoms with E-state index in [4.69, 9.17) is 11.6 Å². The summed E-state index contributed by atoms with van der Waals surface area (Å²) in [6, 6.07) is 6.94. The highest BCUT2D eigenvalue weighted by Gasteiger charge is 2.21. The summed E-state index contributed by atoms with van der Waals surface area (Å²) in [4.78, 5) is 0.323. The van der Waals surface area contributed by atoms with Crippen molar-refractivity contribution in [2.75, 3.05) is 6.54 Å². The first kappa shape index (κ1) is 16.5. The molecule has 1 atom stereocenters. The number of hydrogen-bond acceptors (Lipinski definition) is 2. The van der Waals surface area contributed by atoms with Gasteiger partial charge in [-0.3, -0.25) is 0 Å². The topological polar surface area (TPSA) is 46.2 Å². The summed E-state index contributed by atoms with van der Waals surface area (Å²) in [6.45, 7) is 6.19. The maximum Gasteiger partial charge on any atom is 0.240 e. The zero-order chi connectivity index (χ0) is 14.5. The van der Waals surface area contributed by atoms with E-state index in [0.29, 0.717) is 10.8 Å². The molecule has 0 saturated carbocycles. The minimum atomic E-state index is -3.47. The predicted octanol–water partition coefficient (Wildman–Crippen LogP) is 3.32. The lowest BCUT2D eigenvalue weighted by Crippen LogP contribution is -2.33. The number of hydrogen-bond donors (Lipinski definition) is 1. The molecule has 5 heteroatoms. The van der Waals surface area contributed by atoms with Crippen LogP contribution < -0.4 is 4.72 Å². The van der Waals surface area contributed by atoms with Crippen molar-refractivity contribution in [1.29, 1.82) is 0 Å². The quantitative estimate of drug-likeness (QED) is 0.786. The van der Waals surface area contributed by atoms with Gasteiger partial charge in [-0.2, -0.15) is 0 Å². The third-order valence-corrected chi connectivity index (χ3v) is 5.51. The molecule has 1 N–H and O–H groups in total. The van der Waals surface area contributed by atoms with Gasteiger partial charge in [-0.25, -0.2) is 13.1 Å². The van der Waals surface area contributed by atoms with Crippen LogP contribution in [-0.2, 0) is 10.0 Å². The summed E-state index contributed by atoms with van der Waals surface area (Å²) in [5, 5.41) is -0.172. The zero-order valence-electron chi connectivity index (χ0n) is 11.7. The molecule has 108 valence electrons. The van der Waals surface area contributed by atoms with Crippen molar-refractivity contribution in [3.05, 3.63) is 29.8 Å². The highest BCUT2D eigenvalue weighted by atomic mass is 35.5. The fourth-order valence-corrected chi connectivity index (χ4v) is 3.92. The van der Waals surface area contributed by atoms with E-state index in [0.717, 1.165) is 18.4 Å². The lowest BCUT2D eigenvalue weighted by molar-refractivity contribution is 0.460. The van der Waals surface area contributed by atoms with Gasteiger partial charge in [-0.05, 0) is 24.5 Å². The number of nitrogens with one attached hydrogen (secondary N) is 1. The van der Waals surface area contributed by atoms with Gasteiger partial charge in [0.1, 0.15) is 0 Å². The Labute approximate surface area is 121 Å². The average molecular weight is 304 g/mol. The molecule has 0 radical (unpaired) electrons. The van der Waals surface area contributed by atoms with Crippen LogP contribution in [0.15, 0.2) is 29.2 Å². The molecular formula is C14H22ClNO2S. The standard InChI is InChI=1S/C14H22ClNO2S/c1-4-12(5-2)13(15)10-16-19(17,18)14-9-7-6-8-11(14)3/h6-9,12-13,16H,4-5,10H2,1-3H3. The second-order valence-electron chi connectivity index (χ2n) is 4.71. The van der Waals surface area contributed by atoms with Gasteiger partial charge in [0.2, 0.25) is 10.0 Å². The van der Waals surface area contributed by atoms with Crippen LogP contribution in [0.4, 0.5) is 0 Å². The first-order chi connectivity index (χ1) is 8.92. The molecule has 0 amide bonds. The van der Waals surface area contributed by atoms with Crippen LogP contribution in [-0.4, -0.2) is 20.3 Å². The highest BCUT2D eigenvalue weighted by molar-refractivity contribution is 7.89. The Morgan fingerprint density at radius 1 is 1.21 bits per heavy atom. The van der Waals surface area contributed by atoms with E-state index >= 15 is 0 Å². The van der Waals surface area contributed by atoms with E-state index in [1.807, 2.05) is 6.07 Å². The number of halogens is 1. The van der Waals surface area contributed by atoms with Crippen molar-refractivity contribution in [1.82, 2.24) is 4.72 Å². The maximum atomic E-state index is 12.2. The molecule has 0 saturated heterocycles. The molecule has 1 unspecified atom stereocenters. The molecule has 0 bridgehead atoms. The summed E-state index contributed by atoms with van der Waals surface area (Å²) in [5.74, 6) is 0.334. The van der Waals surface area contributed by atoms with Crippen molar-refractivity contribution in [3.63, 3.8) is 0 Å². The van der Waals surface area contributed by atoms with E-state index in [1.165, 1.54) is 0 Å². The summed E-state index contributed by atoms with van der Waals surface area (Å²) in [6.07, 6.45) is 1.91. The molecule has 1 aromatic rings. The summed E-state index contributed by atoms with van der Waals surface area (Å²) >= 11 is 6.25. The van der Waals surface area contributed by atoms with Crippen molar-refractivity contribution in [3.8, 4) is 0 Å². The van der Waals surface area contributed by atoms with Crippen molar-refractivity contribution in [2.24, 2.45) is 5.92 Å². The fraction of sp³-hybridized carbons (Fsp3) is 0.571. The van der Waals surface area contributed by atoms with Crippen LogP contribution in [0.1, 0.15) is 32.3 Å². The normalized spacial score (nSPS) is 13.7. The first-order valence-electron chi connectivity index (χ1n) is 6.61. The molecule has 0 spiro atoms. The lowest BCUT2D eigenvalue weighted by atomic mass is 9.99. The van der Waals surface area contributed by atoms with Crippen LogP contribution in [0.25, 0.3) is 0 Å². The van der Waals surface area contributed by atoms with Gasteiger partial charge >= 0.3 is 0 Å². The van der Waals surface area contributed by atoms with E-state index in [1.54, 1.807) is 25.1 Å². The molecule has 1 rings (SSSR count). The largest absolute Gasteiger partial charge is 0.240 e. The maximum absolute atomic E-state index is 12.2. The minimum Gasteiger partial charge on any atom is -0.210 e. The Hall–Kier alpha value is -0.580. The average Bonchev–Trinajstić information content (AvgIpc) is 2.38. The third-order valence-electron chi connectivity index (χ3n) is 3.41. The molecule has 0 aliphatic heterocycles. The van der Waals surface area contributed by atoms with Crippen LogP contribution in [0.3, 0.4) is 0 Å².